The minimum atomic E-state index is -0.00404. The van der Waals surface area contributed by atoms with E-state index in [1.807, 2.05) is 66.7 Å². The van der Waals surface area contributed by atoms with Crippen LogP contribution in [0.25, 0.3) is 0 Å². The Morgan fingerprint density at radius 3 is 2.17 bits per heavy atom. The fourth-order valence-corrected chi connectivity index (χ4v) is 3.51. The van der Waals surface area contributed by atoms with Gasteiger partial charge in [0.25, 0.3) is 0 Å². The van der Waals surface area contributed by atoms with Crippen LogP contribution in [0.4, 0.5) is 5.69 Å². The fourth-order valence-electron chi connectivity index (χ4n) is 3.22. The maximum Gasteiger partial charge on any atom is 0.193 e. The van der Waals surface area contributed by atoms with Gasteiger partial charge in [-0.25, -0.2) is 0 Å². The van der Waals surface area contributed by atoms with Crippen LogP contribution in [0.2, 0.25) is 0 Å². The Balaban J connectivity index is 1.68. The zero-order valence-electron chi connectivity index (χ0n) is 17.9. The molecule has 4 heteroatoms. The number of carbonyl (C=O) groups is 1. The van der Waals surface area contributed by atoms with Crippen molar-refractivity contribution in [2.24, 2.45) is 0 Å². The third-order valence-electron chi connectivity index (χ3n) is 5.04. The summed E-state index contributed by atoms with van der Waals surface area (Å²) in [6.45, 7) is 8.54. The van der Waals surface area contributed by atoms with Crippen LogP contribution >= 0.6 is 12.2 Å². The van der Waals surface area contributed by atoms with Gasteiger partial charge in [0.15, 0.2) is 10.9 Å². The molecule has 0 aliphatic heterocycles. The van der Waals surface area contributed by atoms with Crippen LogP contribution in [0.5, 0.6) is 0 Å². The third-order valence-corrected chi connectivity index (χ3v) is 5.26. The number of anilines is 1. The lowest BCUT2D eigenvalue weighted by Gasteiger charge is -2.19. The molecule has 0 amide bonds. The van der Waals surface area contributed by atoms with Crippen molar-refractivity contribution >= 4 is 28.8 Å². The Kier molecular flexibility index (Phi) is 6.68. The number of rotatable bonds is 5. The van der Waals surface area contributed by atoms with Crippen molar-refractivity contribution in [3.05, 3.63) is 101 Å². The molecular formula is C26H28N2OS. The molecule has 1 atom stereocenters. The molecule has 2 N–H and O–H groups in total. The van der Waals surface area contributed by atoms with Gasteiger partial charge in [0, 0.05) is 16.8 Å². The second-order valence-corrected chi connectivity index (χ2v) is 8.88. The SMILES string of the molecule is C[C@@H](NC(=S)Nc1cccc(C(=O)c2ccc(C(C)(C)C)cc2)c1)c1ccccc1. The van der Waals surface area contributed by atoms with Crippen LogP contribution in [0.15, 0.2) is 78.9 Å². The van der Waals surface area contributed by atoms with E-state index >= 15 is 0 Å². The zero-order chi connectivity index (χ0) is 21.7. The fraction of sp³-hybridized carbons (Fsp3) is 0.231. The highest BCUT2D eigenvalue weighted by atomic mass is 32.1. The number of thiocarbonyl (C=S) groups is 1. The van der Waals surface area contributed by atoms with Gasteiger partial charge in [-0.3, -0.25) is 4.79 Å². The summed E-state index contributed by atoms with van der Waals surface area (Å²) in [7, 11) is 0. The largest absolute Gasteiger partial charge is 0.356 e. The van der Waals surface area contributed by atoms with Crippen LogP contribution < -0.4 is 10.6 Å². The van der Waals surface area contributed by atoms with Crippen molar-refractivity contribution in [3.8, 4) is 0 Å². The first-order valence-electron chi connectivity index (χ1n) is 10.1. The topological polar surface area (TPSA) is 41.1 Å². The molecule has 0 aliphatic rings. The number of carbonyl (C=O) groups excluding carboxylic acids is 1. The second kappa shape index (κ2) is 9.23. The lowest BCUT2D eigenvalue weighted by Crippen LogP contribution is -2.30. The third kappa shape index (κ3) is 5.55. The van der Waals surface area contributed by atoms with Gasteiger partial charge >= 0.3 is 0 Å². The predicted octanol–water partition coefficient (Wildman–Crippen LogP) is 6.26. The molecule has 0 heterocycles. The van der Waals surface area contributed by atoms with Gasteiger partial charge in [0.2, 0.25) is 0 Å². The van der Waals surface area contributed by atoms with Crippen molar-refractivity contribution in [2.45, 2.75) is 39.2 Å². The first-order valence-corrected chi connectivity index (χ1v) is 10.5. The number of hydrogen-bond donors (Lipinski definition) is 2. The van der Waals surface area contributed by atoms with E-state index < -0.39 is 0 Å². The number of benzene rings is 3. The quantitative estimate of drug-likeness (QED) is 0.380. The summed E-state index contributed by atoms with van der Waals surface area (Å²) < 4.78 is 0. The molecule has 0 aliphatic carbocycles. The van der Waals surface area contributed by atoms with E-state index in [0.717, 1.165) is 11.3 Å². The Hall–Kier alpha value is -2.98. The minimum Gasteiger partial charge on any atom is -0.356 e. The highest BCUT2D eigenvalue weighted by molar-refractivity contribution is 7.80. The zero-order valence-corrected chi connectivity index (χ0v) is 18.7. The molecule has 154 valence electrons. The van der Waals surface area contributed by atoms with Crippen LogP contribution in [0, 0.1) is 0 Å². The molecule has 3 aromatic rings. The molecular weight excluding hydrogens is 388 g/mol. The maximum absolute atomic E-state index is 12.9. The molecule has 0 fully saturated rings. The predicted molar refractivity (Wildman–Crippen MR) is 129 cm³/mol. The number of hydrogen-bond acceptors (Lipinski definition) is 2. The second-order valence-electron chi connectivity index (χ2n) is 8.47. The Labute approximate surface area is 184 Å². The summed E-state index contributed by atoms with van der Waals surface area (Å²) in [6, 6.07) is 25.5. The van der Waals surface area contributed by atoms with Crippen LogP contribution in [0.3, 0.4) is 0 Å². The number of ketones is 1. The highest BCUT2D eigenvalue weighted by Gasteiger charge is 2.15. The van der Waals surface area contributed by atoms with E-state index in [0.29, 0.717) is 16.2 Å². The van der Waals surface area contributed by atoms with Crippen molar-refractivity contribution in [2.75, 3.05) is 5.32 Å². The maximum atomic E-state index is 12.9. The monoisotopic (exact) mass is 416 g/mol. The Morgan fingerprint density at radius 2 is 1.53 bits per heavy atom. The van der Waals surface area contributed by atoms with Gasteiger partial charge in [-0.15, -0.1) is 0 Å². The summed E-state index contributed by atoms with van der Waals surface area (Å²) in [5.74, 6) is -0.00404. The molecule has 0 saturated carbocycles. The number of nitrogens with one attached hydrogen (secondary N) is 2. The van der Waals surface area contributed by atoms with Crippen molar-refractivity contribution in [1.29, 1.82) is 0 Å². The van der Waals surface area contributed by atoms with Gasteiger partial charge < -0.3 is 10.6 Å². The standard InChI is InChI=1S/C26H28N2OS/c1-18(19-9-6-5-7-10-19)27-25(30)28-23-12-8-11-21(17-23)24(29)20-13-15-22(16-14-20)26(2,3)4/h5-18H,1-4H3,(H2,27,28,30)/t18-/m1/s1. The average Bonchev–Trinajstić information content (AvgIpc) is 2.73. The summed E-state index contributed by atoms with van der Waals surface area (Å²) in [6.07, 6.45) is 0. The first-order chi connectivity index (χ1) is 14.2. The van der Waals surface area contributed by atoms with Gasteiger partial charge in [-0.05, 0) is 47.8 Å². The molecule has 30 heavy (non-hydrogen) atoms. The summed E-state index contributed by atoms with van der Waals surface area (Å²) >= 11 is 5.46. The normalized spacial score (nSPS) is 12.1. The minimum absolute atomic E-state index is 0.00404. The van der Waals surface area contributed by atoms with Gasteiger partial charge in [0.1, 0.15) is 0 Å². The molecule has 0 bridgehead atoms. The molecule has 0 saturated heterocycles. The summed E-state index contributed by atoms with van der Waals surface area (Å²) in [5, 5.41) is 6.99. The van der Waals surface area contributed by atoms with E-state index in [9.17, 15) is 4.79 Å². The van der Waals surface area contributed by atoms with Gasteiger partial charge in [-0.2, -0.15) is 0 Å². The molecule has 0 unspecified atom stereocenters. The van der Waals surface area contributed by atoms with Crippen molar-refractivity contribution in [1.82, 2.24) is 5.32 Å². The lowest BCUT2D eigenvalue weighted by molar-refractivity contribution is 0.103. The summed E-state index contributed by atoms with van der Waals surface area (Å²) in [4.78, 5) is 12.9. The Morgan fingerprint density at radius 1 is 0.867 bits per heavy atom. The molecule has 0 spiro atoms. The van der Waals surface area contributed by atoms with Crippen LogP contribution in [-0.2, 0) is 5.41 Å². The molecule has 3 nitrogen and oxygen atoms in total. The van der Waals surface area contributed by atoms with Crippen LogP contribution in [0.1, 0.15) is 60.8 Å². The molecule has 0 radical (unpaired) electrons. The average molecular weight is 417 g/mol. The highest BCUT2D eigenvalue weighted by Crippen LogP contribution is 2.23. The lowest BCUT2D eigenvalue weighted by atomic mass is 9.86. The van der Waals surface area contributed by atoms with Crippen molar-refractivity contribution < 1.29 is 4.79 Å². The first kappa shape index (κ1) is 21.7. The van der Waals surface area contributed by atoms with Gasteiger partial charge in [-0.1, -0.05) is 87.5 Å². The van der Waals surface area contributed by atoms with Crippen molar-refractivity contribution in [3.63, 3.8) is 0 Å². The Bertz CT molecular complexity index is 1020. The summed E-state index contributed by atoms with van der Waals surface area (Å²) in [5.41, 5.74) is 4.51. The van der Waals surface area contributed by atoms with E-state index in [1.165, 1.54) is 5.56 Å². The van der Waals surface area contributed by atoms with Crippen LogP contribution in [-0.4, -0.2) is 10.9 Å². The van der Waals surface area contributed by atoms with E-state index in [1.54, 1.807) is 0 Å². The molecule has 3 aromatic carbocycles. The van der Waals surface area contributed by atoms with E-state index in [2.05, 4.69) is 50.5 Å². The van der Waals surface area contributed by atoms with E-state index in [-0.39, 0.29) is 17.2 Å². The molecule has 3 rings (SSSR count). The van der Waals surface area contributed by atoms with Gasteiger partial charge in [0.05, 0.1) is 6.04 Å². The smallest absolute Gasteiger partial charge is 0.193 e. The molecule has 0 aromatic heterocycles. The van der Waals surface area contributed by atoms with E-state index in [4.69, 9.17) is 12.2 Å².